The van der Waals surface area contributed by atoms with E-state index >= 15 is 4.39 Å². The first-order valence-electron chi connectivity index (χ1n) is 10.5. The Morgan fingerprint density at radius 3 is 2.49 bits per heavy atom. The van der Waals surface area contributed by atoms with Crippen molar-refractivity contribution in [3.8, 4) is 11.5 Å². The van der Waals surface area contributed by atoms with Gasteiger partial charge < -0.3 is 14.8 Å². The number of rotatable bonds is 10. The Bertz CT molecular complexity index is 1290. The van der Waals surface area contributed by atoms with E-state index in [0.717, 1.165) is 29.6 Å². The van der Waals surface area contributed by atoms with Crippen molar-refractivity contribution < 1.29 is 22.6 Å². The third kappa shape index (κ3) is 6.01. The first kappa shape index (κ1) is 24.7. The van der Waals surface area contributed by atoms with Gasteiger partial charge in [-0.15, -0.1) is 11.3 Å². The number of thiazole rings is 1. The van der Waals surface area contributed by atoms with Crippen LogP contribution in [0.5, 0.6) is 11.5 Å². The van der Waals surface area contributed by atoms with Crippen molar-refractivity contribution in [1.82, 2.24) is 4.98 Å². The number of nitrogens with zero attached hydrogens (tertiary/aromatic N) is 2. The van der Waals surface area contributed by atoms with Gasteiger partial charge in [-0.25, -0.2) is 18.2 Å². The summed E-state index contributed by atoms with van der Waals surface area (Å²) >= 11 is 2.40. The Labute approximate surface area is 209 Å². The van der Waals surface area contributed by atoms with Crippen molar-refractivity contribution in [1.29, 1.82) is 0 Å². The minimum absolute atomic E-state index is 0.0258. The second-order valence-corrected chi connectivity index (χ2v) is 9.26. The molecule has 5 nitrogen and oxygen atoms in total. The molecule has 0 amide bonds. The zero-order valence-corrected chi connectivity index (χ0v) is 20.6. The minimum Gasteiger partial charge on any atom is -0.497 e. The first-order valence-corrected chi connectivity index (χ1v) is 12.2. The number of ether oxygens (including phenoxy) is 2. The molecule has 0 atom stereocenters. The highest BCUT2D eigenvalue weighted by molar-refractivity contribution is 8.00. The lowest BCUT2D eigenvalue weighted by molar-refractivity contribution is 0.391. The summed E-state index contributed by atoms with van der Waals surface area (Å²) in [4.78, 5) is 4.42. The second kappa shape index (κ2) is 11.4. The van der Waals surface area contributed by atoms with Crippen molar-refractivity contribution in [2.75, 3.05) is 23.8 Å². The molecule has 0 fully saturated rings. The molecule has 0 aliphatic carbocycles. The Morgan fingerprint density at radius 1 is 0.943 bits per heavy atom. The second-order valence-electron chi connectivity index (χ2n) is 7.33. The van der Waals surface area contributed by atoms with Gasteiger partial charge in [0.2, 0.25) is 0 Å². The Balaban J connectivity index is 1.56. The molecule has 1 heterocycles. The molecule has 182 valence electrons. The van der Waals surface area contributed by atoms with Crippen LogP contribution in [0.4, 0.5) is 24.0 Å². The van der Waals surface area contributed by atoms with Crippen molar-refractivity contribution in [3.05, 3.63) is 94.8 Å². The van der Waals surface area contributed by atoms with E-state index in [-0.39, 0.29) is 17.1 Å². The van der Waals surface area contributed by atoms with Gasteiger partial charge in [0.25, 0.3) is 0 Å². The molecule has 0 saturated heterocycles. The topological polar surface area (TPSA) is 46.6 Å². The molecule has 0 unspecified atom stereocenters. The van der Waals surface area contributed by atoms with Gasteiger partial charge in [-0.05, 0) is 36.2 Å². The lowest BCUT2D eigenvalue weighted by Crippen LogP contribution is -2.15. The van der Waals surface area contributed by atoms with Gasteiger partial charge >= 0.3 is 0 Å². The van der Waals surface area contributed by atoms with Crippen LogP contribution in [-0.2, 0) is 13.1 Å². The predicted octanol–water partition coefficient (Wildman–Crippen LogP) is 6.90. The van der Waals surface area contributed by atoms with E-state index in [1.165, 1.54) is 17.4 Å². The molecule has 35 heavy (non-hydrogen) atoms. The largest absolute Gasteiger partial charge is 0.497 e. The van der Waals surface area contributed by atoms with E-state index in [9.17, 15) is 8.78 Å². The monoisotopic (exact) mass is 517 g/mol. The molecule has 0 saturated carbocycles. The molecular formula is C25H22F3N3O2S2. The van der Waals surface area contributed by atoms with Crippen LogP contribution in [0.2, 0.25) is 0 Å². The summed E-state index contributed by atoms with van der Waals surface area (Å²) in [6.07, 6.45) is 1.64. The van der Waals surface area contributed by atoms with E-state index in [2.05, 4.69) is 10.3 Å². The molecule has 0 aliphatic rings. The highest BCUT2D eigenvalue weighted by Gasteiger charge is 2.19. The van der Waals surface area contributed by atoms with Crippen LogP contribution >= 0.6 is 23.3 Å². The van der Waals surface area contributed by atoms with E-state index in [0.29, 0.717) is 28.7 Å². The molecule has 1 N–H and O–H groups in total. The Morgan fingerprint density at radius 2 is 1.77 bits per heavy atom. The zero-order valence-electron chi connectivity index (χ0n) is 18.9. The molecule has 4 aromatic rings. The lowest BCUT2D eigenvalue weighted by atomic mass is 10.2. The Hall–Kier alpha value is -3.37. The highest BCUT2D eigenvalue weighted by Crippen LogP contribution is 2.37. The van der Waals surface area contributed by atoms with Crippen LogP contribution < -0.4 is 19.1 Å². The molecule has 0 bridgehead atoms. The first-order chi connectivity index (χ1) is 17.0. The molecule has 10 heteroatoms. The smallest absolute Gasteiger partial charge is 0.195 e. The normalized spacial score (nSPS) is 10.8. The summed E-state index contributed by atoms with van der Waals surface area (Å²) in [5.41, 5.74) is 1.13. The summed E-state index contributed by atoms with van der Waals surface area (Å²) in [5.74, 6) is -0.431. The van der Waals surface area contributed by atoms with Crippen LogP contribution in [0.3, 0.4) is 0 Å². The minimum atomic E-state index is -0.647. The molecule has 1 aromatic heterocycles. The quantitative estimate of drug-likeness (QED) is 0.231. The maximum atomic E-state index is 15.0. The Kier molecular flexibility index (Phi) is 8.04. The number of benzene rings is 3. The predicted molar refractivity (Wildman–Crippen MR) is 134 cm³/mol. The molecule has 0 aliphatic heterocycles. The van der Waals surface area contributed by atoms with E-state index < -0.39 is 17.5 Å². The number of methoxy groups -OCH3 is 2. The van der Waals surface area contributed by atoms with Crippen LogP contribution in [0.25, 0.3) is 0 Å². The summed E-state index contributed by atoms with van der Waals surface area (Å²) < 4.78 is 56.2. The van der Waals surface area contributed by atoms with Crippen LogP contribution in [0.15, 0.2) is 71.1 Å². The van der Waals surface area contributed by atoms with Crippen molar-refractivity contribution >= 4 is 34.1 Å². The third-order valence-corrected chi connectivity index (χ3v) is 7.04. The number of halogens is 3. The van der Waals surface area contributed by atoms with Crippen molar-refractivity contribution in [3.63, 3.8) is 0 Å². The molecule has 3 aromatic carbocycles. The van der Waals surface area contributed by atoms with Gasteiger partial charge in [0.15, 0.2) is 5.13 Å². The van der Waals surface area contributed by atoms with Crippen LogP contribution in [0, 0.1) is 17.5 Å². The molecular weight excluding hydrogens is 495 g/mol. The fourth-order valence-corrected chi connectivity index (χ4v) is 4.96. The van der Waals surface area contributed by atoms with Gasteiger partial charge in [-0.1, -0.05) is 18.2 Å². The van der Waals surface area contributed by atoms with Crippen LogP contribution in [-0.4, -0.2) is 19.2 Å². The van der Waals surface area contributed by atoms with Crippen LogP contribution in [0.1, 0.15) is 11.1 Å². The lowest BCUT2D eigenvalue weighted by Gasteiger charge is -2.22. The fourth-order valence-electron chi connectivity index (χ4n) is 3.30. The average molecular weight is 518 g/mol. The standard InChI is InChI=1S/C25H22F3N3O2S2/c1-32-18-8-7-17(23(11-18)33-2)15-31(25-29-9-10-34-25)35-24-13-20(27)22(12-21(24)28)30-14-16-5-3-4-6-19(16)26/h3-13,30H,14-15H2,1-2H3. The number of hydrogen-bond acceptors (Lipinski definition) is 7. The van der Waals surface area contributed by atoms with Gasteiger partial charge in [-0.2, -0.15) is 0 Å². The van der Waals surface area contributed by atoms with E-state index in [1.54, 1.807) is 60.4 Å². The van der Waals surface area contributed by atoms with Gasteiger partial charge in [0.05, 0.1) is 31.3 Å². The summed E-state index contributed by atoms with van der Waals surface area (Å²) in [6.45, 7) is 0.345. The van der Waals surface area contributed by atoms with Crippen molar-refractivity contribution in [2.24, 2.45) is 0 Å². The summed E-state index contributed by atoms with van der Waals surface area (Å²) in [7, 11) is 3.12. The SMILES string of the molecule is COc1ccc(CN(Sc2cc(F)c(NCc3ccccc3F)cc2F)c2nccs2)c(OC)c1. The maximum absolute atomic E-state index is 15.0. The van der Waals surface area contributed by atoms with Gasteiger partial charge in [-0.3, -0.25) is 4.31 Å². The van der Waals surface area contributed by atoms with Gasteiger partial charge in [0.1, 0.15) is 29.0 Å². The van der Waals surface area contributed by atoms with E-state index in [1.807, 2.05) is 6.07 Å². The third-order valence-electron chi connectivity index (χ3n) is 5.10. The maximum Gasteiger partial charge on any atom is 0.195 e. The molecule has 0 radical (unpaired) electrons. The zero-order chi connectivity index (χ0) is 24.8. The van der Waals surface area contributed by atoms with Crippen molar-refractivity contribution in [2.45, 2.75) is 18.0 Å². The summed E-state index contributed by atoms with van der Waals surface area (Å²) in [5, 5.41) is 5.19. The fraction of sp³-hybridized carbons (Fsp3) is 0.160. The average Bonchev–Trinajstić information content (AvgIpc) is 3.40. The molecule has 4 rings (SSSR count). The number of anilines is 2. The number of aromatic nitrogens is 1. The van der Waals surface area contributed by atoms with E-state index in [4.69, 9.17) is 9.47 Å². The number of hydrogen-bond donors (Lipinski definition) is 1. The molecule has 0 spiro atoms. The highest BCUT2D eigenvalue weighted by atomic mass is 32.2. The van der Waals surface area contributed by atoms with Gasteiger partial charge in [0, 0.05) is 41.4 Å². The number of nitrogens with one attached hydrogen (secondary N) is 1. The summed E-state index contributed by atoms with van der Waals surface area (Å²) in [6, 6.07) is 13.8.